The number of likely N-dealkylation sites (tertiary alicyclic amines) is 1. The molecular weight excluding hydrogens is 392 g/mol. The lowest BCUT2D eigenvalue weighted by atomic mass is 9.89. The first-order valence-corrected chi connectivity index (χ1v) is 11.2. The third kappa shape index (κ3) is 3.79. The van der Waals surface area contributed by atoms with Gasteiger partial charge in [0, 0.05) is 55.7 Å². The van der Waals surface area contributed by atoms with Gasteiger partial charge in [0.15, 0.2) is 0 Å². The van der Waals surface area contributed by atoms with E-state index in [9.17, 15) is 4.79 Å². The Bertz CT molecular complexity index is 977. The Morgan fingerprint density at radius 1 is 1.16 bits per heavy atom. The monoisotopic (exact) mass is 422 g/mol. The highest BCUT2D eigenvalue weighted by Crippen LogP contribution is 2.41. The lowest BCUT2D eigenvalue weighted by Gasteiger charge is -2.47. The number of rotatable bonds is 4. The molecule has 1 saturated carbocycles. The second kappa shape index (κ2) is 8.17. The Hall–Kier alpha value is -2.57. The van der Waals surface area contributed by atoms with Gasteiger partial charge in [0.05, 0.1) is 13.7 Å². The quantitative estimate of drug-likeness (QED) is 0.808. The average molecular weight is 423 g/mol. The molecule has 1 spiro atoms. The van der Waals surface area contributed by atoms with E-state index in [4.69, 9.17) is 14.2 Å². The van der Waals surface area contributed by atoms with Crippen LogP contribution in [0.4, 0.5) is 0 Å². The van der Waals surface area contributed by atoms with E-state index in [1.165, 1.54) is 19.3 Å². The minimum Gasteiger partial charge on any atom is -0.496 e. The first-order chi connectivity index (χ1) is 15.1. The van der Waals surface area contributed by atoms with Gasteiger partial charge in [-0.25, -0.2) is 0 Å². The maximum Gasteiger partial charge on any atom is 0.251 e. The number of fused-ring (bicyclic) bond motifs is 1. The molecule has 2 aromatic carbocycles. The van der Waals surface area contributed by atoms with Crippen molar-refractivity contribution in [2.45, 2.75) is 50.5 Å². The Morgan fingerprint density at radius 2 is 1.97 bits per heavy atom. The number of methoxy groups -OCH3 is 1. The molecule has 0 radical (unpaired) electrons. The Kier molecular flexibility index (Phi) is 5.36. The van der Waals surface area contributed by atoms with Gasteiger partial charge in [-0.05, 0) is 48.7 Å². The van der Waals surface area contributed by atoms with Crippen molar-refractivity contribution in [3.05, 3.63) is 47.5 Å². The molecule has 0 atom stereocenters. The summed E-state index contributed by atoms with van der Waals surface area (Å²) in [6, 6.07) is 12.5. The molecule has 2 fully saturated rings. The van der Waals surface area contributed by atoms with E-state index in [0.717, 1.165) is 54.4 Å². The summed E-state index contributed by atoms with van der Waals surface area (Å²) in [5.41, 5.74) is 3.57. The molecule has 5 rings (SSSR count). The molecule has 3 aliphatic rings. The molecule has 2 aliphatic heterocycles. The Balaban J connectivity index is 1.34. The van der Waals surface area contributed by atoms with E-state index < -0.39 is 5.79 Å². The lowest BCUT2D eigenvalue weighted by Crippen LogP contribution is -2.54. The van der Waals surface area contributed by atoms with Crippen molar-refractivity contribution in [3.8, 4) is 22.6 Å². The van der Waals surface area contributed by atoms with Crippen LogP contribution in [0.5, 0.6) is 11.5 Å². The largest absolute Gasteiger partial charge is 0.496 e. The molecule has 1 N–H and O–H groups in total. The minimum absolute atomic E-state index is 0.134. The third-order valence-electron chi connectivity index (χ3n) is 7.00. The maximum absolute atomic E-state index is 11.9. The van der Waals surface area contributed by atoms with E-state index in [1.807, 2.05) is 18.2 Å². The number of nitrogens with zero attached hydrogens (tertiary/aromatic N) is 1. The van der Waals surface area contributed by atoms with Crippen molar-refractivity contribution in [3.63, 3.8) is 0 Å². The molecular formula is C25H30N2O4. The van der Waals surface area contributed by atoms with Crippen LogP contribution in [0, 0.1) is 0 Å². The Morgan fingerprint density at radius 3 is 2.65 bits per heavy atom. The van der Waals surface area contributed by atoms with Gasteiger partial charge in [-0.3, -0.25) is 9.69 Å². The number of carbonyl (C=O) groups is 1. The first-order valence-electron chi connectivity index (χ1n) is 11.2. The Labute approximate surface area is 183 Å². The van der Waals surface area contributed by atoms with Crippen molar-refractivity contribution >= 4 is 5.91 Å². The summed E-state index contributed by atoms with van der Waals surface area (Å²) in [6.07, 6.45) is 5.88. The molecule has 31 heavy (non-hydrogen) atoms. The third-order valence-corrected chi connectivity index (χ3v) is 7.00. The zero-order valence-electron chi connectivity index (χ0n) is 18.3. The number of benzene rings is 2. The molecule has 0 unspecified atom stereocenters. The number of hydrogen-bond donors (Lipinski definition) is 1. The van der Waals surface area contributed by atoms with Crippen molar-refractivity contribution < 1.29 is 19.0 Å². The van der Waals surface area contributed by atoms with E-state index in [0.29, 0.717) is 17.9 Å². The molecule has 164 valence electrons. The highest BCUT2D eigenvalue weighted by Gasteiger charge is 2.42. The summed E-state index contributed by atoms with van der Waals surface area (Å²) in [5.74, 6) is 0.957. The molecule has 2 aromatic rings. The van der Waals surface area contributed by atoms with Gasteiger partial charge in [-0.1, -0.05) is 12.5 Å². The highest BCUT2D eigenvalue weighted by molar-refractivity contribution is 5.95. The number of piperidine rings is 1. The smallest absolute Gasteiger partial charge is 0.251 e. The van der Waals surface area contributed by atoms with E-state index in [2.05, 4.69) is 22.3 Å². The molecule has 0 bridgehead atoms. The van der Waals surface area contributed by atoms with Crippen LogP contribution in [0.25, 0.3) is 11.1 Å². The molecule has 1 aliphatic carbocycles. The summed E-state index contributed by atoms with van der Waals surface area (Å²) in [6.45, 7) is 2.64. The van der Waals surface area contributed by atoms with Gasteiger partial charge >= 0.3 is 0 Å². The SMILES string of the molecule is CNC(=O)c1ccc(-c2ccc3c(c2)COC2(CCN(C4CCC4)CC2)O3)c(OC)c1. The fourth-order valence-corrected chi connectivity index (χ4v) is 4.84. The van der Waals surface area contributed by atoms with Gasteiger partial charge in [-0.15, -0.1) is 0 Å². The number of carbonyl (C=O) groups excluding carboxylic acids is 1. The average Bonchev–Trinajstić information content (AvgIpc) is 2.78. The zero-order chi connectivity index (χ0) is 21.4. The molecule has 1 saturated heterocycles. The molecule has 6 heteroatoms. The summed E-state index contributed by atoms with van der Waals surface area (Å²) in [7, 11) is 3.24. The van der Waals surface area contributed by atoms with E-state index in [1.54, 1.807) is 20.2 Å². The van der Waals surface area contributed by atoms with Crippen LogP contribution in [0.3, 0.4) is 0 Å². The lowest BCUT2D eigenvalue weighted by molar-refractivity contribution is -0.231. The molecule has 0 aromatic heterocycles. The zero-order valence-corrected chi connectivity index (χ0v) is 18.3. The second-order valence-corrected chi connectivity index (χ2v) is 8.74. The van der Waals surface area contributed by atoms with Gasteiger partial charge in [0.2, 0.25) is 5.79 Å². The molecule has 2 heterocycles. The molecule has 6 nitrogen and oxygen atoms in total. The van der Waals surface area contributed by atoms with Crippen LogP contribution in [0.15, 0.2) is 36.4 Å². The highest BCUT2D eigenvalue weighted by atomic mass is 16.7. The van der Waals surface area contributed by atoms with Crippen molar-refractivity contribution in [2.75, 3.05) is 27.2 Å². The topological polar surface area (TPSA) is 60.0 Å². The standard InChI is InChI=1S/C25H30N2O4/c1-26-24(28)18-6-8-21(23(15-18)29-2)17-7-9-22-19(14-17)16-30-25(31-22)10-12-27(13-11-25)20-4-3-5-20/h6-9,14-15,20H,3-5,10-13,16H2,1-2H3,(H,26,28). The maximum atomic E-state index is 11.9. The minimum atomic E-state index is -0.485. The second-order valence-electron chi connectivity index (χ2n) is 8.74. The van der Waals surface area contributed by atoms with Gasteiger partial charge in [-0.2, -0.15) is 0 Å². The van der Waals surface area contributed by atoms with Crippen LogP contribution in [0.2, 0.25) is 0 Å². The summed E-state index contributed by atoms with van der Waals surface area (Å²) in [4.78, 5) is 14.5. The fourth-order valence-electron chi connectivity index (χ4n) is 4.84. The number of amides is 1. The van der Waals surface area contributed by atoms with Gasteiger partial charge in [0.1, 0.15) is 11.5 Å². The van der Waals surface area contributed by atoms with Crippen molar-refractivity contribution in [1.82, 2.24) is 10.2 Å². The van der Waals surface area contributed by atoms with Crippen LogP contribution in [0.1, 0.15) is 48.0 Å². The number of nitrogens with one attached hydrogen (secondary N) is 1. The number of ether oxygens (including phenoxy) is 3. The summed E-state index contributed by atoms with van der Waals surface area (Å²) in [5, 5.41) is 2.65. The van der Waals surface area contributed by atoms with Crippen LogP contribution in [-0.4, -0.2) is 49.9 Å². The van der Waals surface area contributed by atoms with Crippen LogP contribution < -0.4 is 14.8 Å². The predicted molar refractivity (Wildman–Crippen MR) is 118 cm³/mol. The number of hydrogen-bond acceptors (Lipinski definition) is 5. The van der Waals surface area contributed by atoms with Crippen molar-refractivity contribution in [1.29, 1.82) is 0 Å². The van der Waals surface area contributed by atoms with Gasteiger partial charge < -0.3 is 19.5 Å². The van der Waals surface area contributed by atoms with Gasteiger partial charge in [0.25, 0.3) is 5.91 Å². The van der Waals surface area contributed by atoms with E-state index in [-0.39, 0.29) is 5.91 Å². The normalized spacial score (nSPS) is 20.5. The fraction of sp³-hybridized carbons (Fsp3) is 0.480. The summed E-state index contributed by atoms with van der Waals surface area (Å²) >= 11 is 0. The van der Waals surface area contributed by atoms with Crippen LogP contribution >= 0.6 is 0 Å². The summed E-state index contributed by atoms with van der Waals surface area (Å²) < 4.78 is 18.3. The van der Waals surface area contributed by atoms with Crippen LogP contribution in [-0.2, 0) is 11.3 Å². The first kappa shape index (κ1) is 20.3. The predicted octanol–water partition coefficient (Wildman–Crippen LogP) is 3.98. The molecule has 1 amide bonds. The van der Waals surface area contributed by atoms with Crippen molar-refractivity contribution in [2.24, 2.45) is 0 Å². The van der Waals surface area contributed by atoms with E-state index >= 15 is 0 Å².